The zero-order chi connectivity index (χ0) is 21.5. The van der Waals surface area contributed by atoms with Crippen molar-refractivity contribution >= 4 is 22.7 Å². The molecule has 1 aromatic heterocycles. The summed E-state index contributed by atoms with van der Waals surface area (Å²) < 4.78 is 0. The number of hydrogen-bond acceptors (Lipinski definition) is 3. The second-order valence-electron chi connectivity index (χ2n) is 7.05. The first-order valence-corrected chi connectivity index (χ1v) is 9.83. The molecule has 0 radical (unpaired) electrons. The fraction of sp³-hybridized carbons (Fsp3) is 0.250. The second-order valence-corrected chi connectivity index (χ2v) is 7.05. The number of aromatic amines is 1. The molecule has 0 saturated carbocycles. The van der Waals surface area contributed by atoms with Gasteiger partial charge in [-0.15, -0.1) is 0 Å². The molecule has 0 bridgehead atoms. The number of carbonyl (C=O) groups excluding carboxylic acids is 2. The Hall–Kier alpha value is -3.56. The van der Waals surface area contributed by atoms with E-state index in [1.54, 1.807) is 19.2 Å². The van der Waals surface area contributed by atoms with Crippen LogP contribution in [0.3, 0.4) is 0 Å². The van der Waals surface area contributed by atoms with Crippen molar-refractivity contribution in [3.63, 3.8) is 0 Å². The summed E-state index contributed by atoms with van der Waals surface area (Å²) in [6.07, 6.45) is 3.14. The predicted octanol–water partition coefficient (Wildman–Crippen LogP) is 2.46. The lowest BCUT2D eigenvalue weighted by Gasteiger charge is -2.19. The minimum Gasteiger partial charge on any atom is -0.396 e. The Bertz CT molecular complexity index is 1120. The first-order valence-electron chi connectivity index (χ1n) is 9.83. The Morgan fingerprint density at radius 2 is 2.00 bits per heavy atom. The maximum atomic E-state index is 12.1. The van der Waals surface area contributed by atoms with Gasteiger partial charge >= 0.3 is 0 Å². The summed E-state index contributed by atoms with van der Waals surface area (Å²) in [5.74, 6) is 5.06. The summed E-state index contributed by atoms with van der Waals surface area (Å²) in [5.41, 5.74) is 9.32. The van der Waals surface area contributed by atoms with Gasteiger partial charge in [-0.3, -0.25) is 9.59 Å². The summed E-state index contributed by atoms with van der Waals surface area (Å²) >= 11 is 0. The van der Waals surface area contributed by atoms with Crippen molar-refractivity contribution in [2.75, 3.05) is 13.7 Å². The fourth-order valence-electron chi connectivity index (χ4n) is 3.61. The molecular weight excluding hydrogens is 378 g/mol. The zero-order valence-electron chi connectivity index (χ0n) is 16.9. The summed E-state index contributed by atoms with van der Waals surface area (Å²) in [5, 5.41) is 13.8. The first-order chi connectivity index (χ1) is 14.5. The minimum atomic E-state index is -0.559. The number of H-pyrrole nitrogens is 1. The van der Waals surface area contributed by atoms with Crippen molar-refractivity contribution in [3.05, 3.63) is 70.9 Å². The van der Waals surface area contributed by atoms with Crippen LogP contribution in [0.5, 0.6) is 0 Å². The highest BCUT2D eigenvalue weighted by atomic mass is 16.3. The number of aromatic nitrogens is 1. The van der Waals surface area contributed by atoms with Crippen molar-refractivity contribution in [2.45, 2.75) is 25.2 Å². The average Bonchev–Trinajstić information content (AvgIpc) is 3.17. The number of para-hydroxylation sites is 1. The summed E-state index contributed by atoms with van der Waals surface area (Å²) in [6.45, 7) is -0.156. The number of carbonyl (C=O) groups is 2. The number of fused-ring (bicyclic) bond motifs is 1. The highest BCUT2D eigenvalue weighted by Gasteiger charge is 2.22. The normalized spacial score (nSPS) is 11.5. The van der Waals surface area contributed by atoms with Gasteiger partial charge in [0.2, 0.25) is 11.8 Å². The Labute approximate surface area is 175 Å². The van der Waals surface area contributed by atoms with E-state index in [1.807, 2.05) is 36.5 Å². The maximum Gasteiger partial charge on any atom is 0.249 e. The van der Waals surface area contributed by atoms with E-state index in [1.165, 1.54) is 0 Å². The molecule has 0 aliphatic heterocycles. The van der Waals surface area contributed by atoms with E-state index in [9.17, 15) is 14.7 Å². The van der Waals surface area contributed by atoms with Crippen LogP contribution in [0.4, 0.5) is 0 Å². The topological polar surface area (TPSA) is 108 Å². The Morgan fingerprint density at radius 1 is 1.20 bits per heavy atom. The third-order valence-electron chi connectivity index (χ3n) is 5.12. The molecule has 2 aromatic carbocycles. The number of nitrogens with one attached hydrogen (secondary N) is 2. The van der Waals surface area contributed by atoms with Gasteiger partial charge in [-0.2, -0.15) is 0 Å². The van der Waals surface area contributed by atoms with Crippen LogP contribution in [0, 0.1) is 11.8 Å². The van der Waals surface area contributed by atoms with Crippen LogP contribution < -0.4 is 11.1 Å². The molecule has 3 rings (SSSR count). The summed E-state index contributed by atoms with van der Waals surface area (Å²) in [4.78, 5) is 26.7. The summed E-state index contributed by atoms with van der Waals surface area (Å²) in [6, 6.07) is 13.1. The van der Waals surface area contributed by atoms with E-state index in [4.69, 9.17) is 5.73 Å². The molecule has 1 atom stereocenters. The molecule has 6 nitrogen and oxygen atoms in total. The van der Waals surface area contributed by atoms with Crippen molar-refractivity contribution < 1.29 is 14.7 Å². The molecule has 0 fully saturated rings. The highest BCUT2D eigenvalue weighted by Crippen LogP contribution is 2.30. The van der Waals surface area contributed by atoms with Crippen LogP contribution in [0.2, 0.25) is 0 Å². The first kappa shape index (κ1) is 21.2. The standard InChI is InChI=1S/C24H25N3O3/c1-26-22(29)12-5-2-7-16-8-6-10-20(24(25)30)23(16)18(15-28)13-17-14-27-21-11-4-3-9-19(17)21/h3-4,6,8-11,14,18,27-28H,5,12-13,15H2,1H3,(H2,25,30)(H,26,29)/t18-/m0/s1. The van der Waals surface area contributed by atoms with Crippen LogP contribution >= 0.6 is 0 Å². The van der Waals surface area contributed by atoms with E-state index in [2.05, 4.69) is 22.1 Å². The average molecular weight is 403 g/mol. The zero-order valence-corrected chi connectivity index (χ0v) is 16.9. The van der Waals surface area contributed by atoms with Gasteiger partial charge in [0.1, 0.15) is 0 Å². The molecule has 154 valence electrons. The lowest BCUT2D eigenvalue weighted by atomic mass is 9.85. The number of benzene rings is 2. The van der Waals surface area contributed by atoms with Crippen LogP contribution in [0.25, 0.3) is 10.9 Å². The van der Waals surface area contributed by atoms with Crippen molar-refractivity contribution in [3.8, 4) is 11.8 Å². The Balaban J connectivity index is 1.97. The Morgan fingerprint density at radius 3 is 2.73 bits per heavy atom. The predicted molar refractivity (Wildman–Crippen MR) is 117 cm³/mol. The van der Waals surface area contributed by atoms with Crippen LogP contribution in [-0.4, -0.2) is 35.6 Å². The molecule has 1 heterocycles. The van der Waals surface area contributed by atoms with Gasteiger partial charge in [-0.05, 0) is 35.7 Å². The van der Waals surface area contributed by atoms with Crippen LogP contribution in [-0.2, 0) is 11.2 Å². The number of aliphatic hydroxyl groups is 1. The number of aliphatic hydroxyl groups excluding tert-OH is 1. The van der Waals surface area contributed by atoms with E-state index in [0.717, 1.165) is 16.5 Å². The fourth-order valence-corrected chi connectivity index (χ4v) is 3.61. The van der Waals surface area contributed by atoms with E-state index in [0.29, 0.717) is 36.0 Å². The minimum absolute atomic E-state index is 0.0806. The number of nitrogens with two attached hydrogens (primary N) is 1. The molecule has 30 heavy (non-hydrogen) atoms. The number of hydrogen-bond donors (Lipinski definition) is 4. The number of primary amides is 1. The quantitative estimate of drug-likeness (QED) is 0.455. The molecule has 2 amide bonds. The molecule has 0 aliphatic rings. The van der Waals surface area contributed by atoms with E-state index < -0.39 is 5.91 Å². The van der Waals surface area contributed by atoms with E-state index in [-0.39, 0.29) is 18.4 Å². The van der Waals surface area contributed by atoms with Gasteiger partial charge in [0, 0.05) is 54.0 Å². The van der Waals surface area contributed by atoms with Crippen molar-refractivity contribution in [1.82, 2.24) is 10.3 Å². The number of amides is 2. The van der Waals surface area contributed by atoms with Crippen molar-refractivity contribution in [2.24, 2.45) is 5.73 Å². The lowest BCUT2D eigenvalue weighted by Crippen LogP contribution is -2.19. The molecule has 0 spiro atoms. The third-order valence-corrected chi connectivity index (χ3v) is 5.12. The van der Waals surface area contributed by atoms with Crippen LogP contribution in [0.1, 0.15) is 45.8 Å². The second kappa shape index (κ2) is 9.77. The monoisotopic (exact) mass is 403 g/mol. The van der Waals surface area contributed by atoms with Crippen LogP contribution in [0.15, 0.2) is 48.7 Å². The SMILES string of the molecule is CNC(=O)CCC#Cc1cccc(C(N)=O)c1[C@H](CO)Cc1c[nH]c2ccccc12. The van der Waals surface area contributed by atoms with E-state index >= 15 is 0 Å². The largest absolute Gasteiger partial charge is 0.396 e. The highest BCUT2D eigenvalue weighted by molar-refractivity contribution is 5.95. The molecule has 0 saturated heterocycles. The van der Waals surface area contributed by atoms with Gasteiger partial charge < -0.3 is 21.1 Å². The smallest absolute Gasteiger partial charge is 0.249 e. The molecule has 6 heteroatoms. The van der Waals surface area contributed by atoms with Gasteiger partial charge in [0.25, 0.3) is 0 Å². The number of rotatable bonds is 7. The summed E-state index contributed by atoms with van der Waals surface area (Å²) in [7, 11) is 1.58. The van der Waals surface area contributed by atoms with Gasteiger partial charge in [0.05, 0.1) is 6.61 Å². The van der Waals surface area contributed by atoms with Gasteiger partial charge in [-0.25, -0.2) is 0 Å². The van der Waals surface area contributed by atoms with Gasteiger partial charge in [0.15, 0.2) is 0 Å². The molecule has 0 unspecified atom stereocenters. The molecule has 0 aliphatic carbocycles. The third kappa shape index (κ3) is 4.70. The lowest BCUT2D eigenvalue weighted by molar-refractivity contribution is -0.120. The van der Waals surface area contributed by atoms with Gasteiger partial charge in [-0.1, -0.05) is 36.1 Å². The molecule has 3 aromatic rings. The maximum absolute atomic E-state index is 12.1. The molecule has 5 N–H and O–H groups in total. The molecular formula is C24H25N3O3. The Kier molecular flexibility index (Phi) is 6.89. The van der Waals surface area contributed by atoms with Crippen molar-refractivity contribution in [1.29, 1.82) is 0 Å².